The zero-order valence-electron chi connectivity index (χ0n) is 9.08. The molecule has 0 spiro atoms. The summed E-state index contributed by atoms with van der Waals surface area (Å²) in [5.74, 6) is 0.969. The second-order valence-electron chi connectivity index (χ2n) is 4.99. The van der Waals surface area contributed by atoms with Crippen LogP contribution in [0.3, 0.4) is 0 Å². The topological polar surface area (TPSA) is 29.3 Å². The van der Waals surface area contributed by atoms with Gasteiger partial charge < -0.3 is 5.73 Å². The summed E-state index contributed by atoms with van der Waals surface area (Å²) in [5, 5.41) is 0. The number of nitrogens with two attached hydrogens (primary N) is 1. The van der Waals surface area contributed by atoms with Gasteiger partial charge in [0.2, 0.25) is 0 Å². The molecule has 0 saturated heterocycles. The van der Waals surface area contributed by atoms with Crippen LogP contribution in [-0.4, -0.2) is 11.4 Å². The maximum Gasteiger partial charge on any atom is 0.0317 e. The molecular weight excluding hydrogens is 184 g/mol. The van der Waals surface area contributed by atoms with Crippen LogP contribution >= 0.6 is 0 Å². The van der Waals surface area contributed by atoms with Crippen LogP contribution in [0.2, 0.25) is 0 Å². The van der Waals surface area contributed by atoms with Crippen molar-refractivity contribution in [3.05, 3.63) is 29.3 Å². The molecule has 2 nitrogen and oxygen atoms in total. The van der Waals surface area contributed by atoms with E-state index in [-0.39, 0.29) is 0 Å². The summed E-state index contributed by atoms with van der Waals surface area (Å²) >= 11 is 0. The van der Waals surface area contributed by atoms with E-state index in [1.807, 2.05) is 6.07 Å². The highest BCUT2D eigenvalue weighted by molar-refractivity contribution is 5.46. The molecule has 1 fully saturated rings. The summed E-state index contributed by atoms with van der Waals surface area (Å²) in [5.41, 5.74) is 9.61. The average Bonchev–Trinajstić information content (AvgIpc) is 2.53. The zero-order chi connectivity index (χ0) is 10.3. The third-order valence-corrected chi connectivity index (χ3v) is 3.76. The molecule has 2 N–H and O–H groups in total. The van der Waals surface area contributed by atoms with Gasteiger partial charge in [0, 0.05) is 25.3 Å². The molecule has 2 heteroatoms. The first-order chi connectivity index (χ1) is 7.31. The SMILES string of the molecule is Nc1ccc2c(c1)CN(CC1CCC1)C2. The van der Waals surface area contributed by atoms with Crippen LogP contribution in [0.1, 0.15) is 30.4 Å². The third-order valence-electron chi connectivity index (χ3n) is 3.76. The zero-order valence-corrected chi connectivity index (χ0v) is 9.08. The maximum absolute atomic E-state index is 5.80. The number of benzene rings is 1. The van der Waals surface area contributed by atoms with Crippen LogP contribution in [0, 0.1) is 5.92 Å². The summed E-state index contributed by atoms with van der Waals surface area (Å²) < 4.78 is 0. The van der Waals surface area contributed by atoms with Crippen molar-refractivity contribution in [1.82, 2.24) is 4.90 Å². The molecule has 1 heterocycles. The standard InChI is InChI=1S/C13H18N2/c14-13-5-4-11-8-15(9-12(11)6-13)7-10-2-1-3-10/h4-6,10H,1-3,7-9,14H2. The highest BCUT2D eigenvalue weighted by atomic mass is 15.1. The summed E-state index contributed by atoms with van der Waals surface area (Å²) in [6, 6.07) is 6.34. The molecule has 15 heavy (non-hydrogen) atoms. The number of nitrogen functional groups attached to an aromatic ring is 1. The van der Waals surface area contributed by atoms with Crippen LogP contribution in [0.4, 0.5) is 5.69 Å². The minimum atomic E-state index is 0.902. The summed E-state index contributed by atoms with van der Waals surface area (Å²) in [4.78, 5) is 2.56. The monoisotopic (exact) mass is 202 g/mol. The van der Waals surface area contributed by atoms with Crippen LogP contribution in [0.25, 0.3) is 0 Å². The fraction of sp³-hybridized carbons (Fsp3) is 0.538. The van der Waals surface area contributed by atoms with Crippen molar-refractivity contribution >= 4 is 5.69 Å². The Balaban J connectivity index is 1.68. The van der Waals surface area contributed by atoms with Crippen LogP contribution in [0.15, 0.2) is 18.2 Å². The molecular formula is C13H18N2. The number of hydrogen-bond donors (Lipinski definition) is 1. The normalized spacial score (nSPS) is 21.3. The fourth-order valence-corrected chi connectivity index (χ4v) is 2.65. The minimum Gasteiger partial charge on any atom is -0.399 e. The van der Waals surface area contributed by atoms with Gasteiger partial charge in [0.25, 0.3) is 0 Å². The molecule has 0 aromatic heterocycles. The first-order valence-electron chi connectivity index (χ1n) is 5.91. The van der Waals surface area contributed by atoms with E-state index in [9.17, 15) is 0 Å². The Labute approximate surface area is 91.1 Å². The average molecular weight is 202 g/mol. The Hall–Kier alpha value is -1.02. The molecule has 2 aliphatic rings. The molecule has 0 unspecified atom stereocenters. The van der Waals surface area contributed by atoms with Gasteiger partial charge in [-0.15, -0.1) is 0 Å². The fourth-order valence-electron chi connectivity index (χ4n) is 2.65. The molecule has 3 rings (SSSR count). The lowest BCUT2D eigenvalue weighted by atomic mass is 9.85. The summed E-state index contributed by atoms with van der Waals surface area (Å²) in [7, 11) is 0. The van der Waals surface area contributed by atoms with E-state index in [4.69, 9.17) is 5.73 Å². The maximum atomic E-state index is 5.80. The van der Waals surface area contributed by atoms with Gasteiger partial charge in [0.15, 0.2) is 0 Å². The van der Waals surface area contributed by atoms with Crippen LogP contribution in [0.5, 0.6) is 0 Å². The van der Waals surface area contributed by atoms with Crippen LogP contribution < -0.4 is 5.73 Å². The molecule has 1 aromatic rings. The highest BCUT2D eigenvalue weighted by Gasteiger charge is 2.24. The Kier molecular flexibility index (Phi) is 2.17. The molecule has 0 bridgehead atoms. The predicted octanol–water partition coefficient (Wildman–Crippen LogP) is 2.38. The van der Waals surface area contributed by atoms with Gasteiger partial charge in [0.05, 0.1) is 0 Å². The predicted molar refractivity (Wildman–Crippen MR) is 62.3 cm³/mol. The first-order valence-corrected chi connectivity index (χ1v) is 5.91. The molecule has 80 valence electrons. The Morgan fingerprint density at radius 3 is 2.73 bits per heavy atom. The highest BCUT2D eigenvalue weighted by Crippen LogP contribution is 2.31. The first kappa shape index (κ1) is 9.22. The summed E-state index contributed by atoms with van der Waals surface area (Å²) in [6.07, 6.45) is 4.32. The molecule has 1 aromatic carbocycles. The summed E-state index contributed by atoms with van der Waals surface area (Å²) in [6.45, 7) is 3.53. The number of rotatable bonds is 2. The van der Waals surface area contributed by atoms with Crippen molar-refractivity contribution in [2.24, 2.45) is 5.92 Å². The van der Waals surface area contributed by atoms with Crippen molar-refractivity contribution in [2.75, 3.05) is 12.3 Å². The van der Waals surface area contributed by atoms with E-state index in [2.05, 4.69) is 17.0 Å². The smallest absolute Gasteiger partial charge is 0.0317 e. The van der Waals surface area contributed by atoms with Gasteiger partial charge in [-0.05, 0) is 42.0 Å². The van der Waals surface area contributed by atoms with Gasteiger partial charge in [-0.2, -0.15) is 0 Å². The lowest BCUT2D eigenvalue weighted by Crippen LogP contribution is -2.28. The van der Waals surface area contributed by atoms with E-state index in [0.29, 0.717) is 0 Å². The van der Waals surface area contributed by atoms with Crippen molar-refractivity contribution in [2.45, 2.75) is 32.4 Å². The molecule has 0 radical (unpaired) electrons. The van der Waals surface area contributed by atoms with Gasteiger partial charge in [-0.25, -0.2) is 0 Å². The van der Waals surface area contributed by atoms with E-state index in [0.717, 1.165) is 24.7 Å². The van der Waals surface area contributed by atoms with E-state index in [1.165, 1.54) is 36.9 Å². The van der Waals surface area contributed by atoms with E-state index < -0.39 is 0 Å². The lowest BCUT2D eigenvalue weighted by Gasteiger charge is -2.29. The van der Waals surface area contributed by atoms with Crippen molar-refractivity contribution < 1.29 is 0 Å². The van der Waals surface area contributed by atoms with Crippen molar-refractivity contribution in [3.8, 4) is 0 Å². The Morgan fingerprint density at radius 2 is 2.00 bits per heavy atom. The number of nitrogens with zero attached hydrogens (tertiary/aromatic N) is 1. The molecule has 0 atom stereocenters. The largest absolute Gasteiger partial charge is 0.399 e. The second-order valence-corrected chi connectivity index (χ2v) is 4.99. The van der Waals surface area contributed by atoms with E-state index in [1.54, 1.807) is 0 Å². The number of fused-ring (bicyclic) bond motifs is 1. The van der Waals surface area contributed by atoms with Gasteiger partial charge in [-0.3, -0.25) is 4.90 Å². The minimum absolute atomic E-state index is 0.902. The number of hydrogen-bond acceptors (Lipinski definition) is 2. The second kappa shape index (κ2) is 3.53. The van der Waals surface area contributed by atoms with Crippen LogP contribution in [-0.2, 0) is 13.1 Å². The van der Waals surface area contributed by atoms with Gasteiger partial charge in [0.1, 0.15) is 0 Å². The lowest BCUT2D eigenvalue weighted by molar-refractivity contribution is 0.179. The third kappa shape index (κ3) is 1.74. The number of anilines is 1. The van der Waals surface area contributed by atoms with E-state index >= 15 is 0 Å². The molecule has 1 aliphatic heterocycles. The molecule has 0 amide bonds. The molecule has 1 aliphatic carbocycles. The van der Waals surface area contributed by atoms with Gasteiger partial charge in [-0.1, -0.05) is 12.5 Å². The Morgan fingerprint density at radius 1 is 1.20 bits per heavy atom. The molecule has 1 saturated carbocycles. The van der Waals surface area contributed by atoms with Gasteiger partial charge >= 0.3 is 0 Å². The van der Waals surface area contributed by atoms with Crippen molar-refractivity contribution in [3.63, 3.8) is 0 Å². The Bertz CT molecular complexity index is 369. The quantitative estimate of drug-likeness (QED) is 0.746. The van der Waals surface area contributed by atoms with Crippen molar-refractivity contribution in [1.29, 1.82) is 0 Å².